The first-order valence-electron chi connectivity index (χ1n) is 5.15. The Hall–Kier alpha value is -0.0800. The van der Waals surface area contributed by atoms with E-state index in [-0.39, 0.29) is 5.54 Å². The van der Waals surface area contributed by atoms with Crippen molar-refractivity contribution in [2.24, 2.45) is 11.7 Å². The Kier molecular flexibility index (Phi) is 3.53. The van der Waals surface area contributed by atoms with Crippen LogP contribution < -0.4 is 11.1 Å². The van der Waals surface area contributed by atoms with Gasteiger partial charge in [-0.3, -0.25) is 0 Å². The van der Waals surface area contributed by atoms with Gasteiger partial charge in [-0.25, -0.2) is 0 Å². The van der Waals surface area contributed by atoms with Gasteiger partial charge in [0, 0.05) is 12.1 Å². The van der Waals surface area contributed by atoms with Crippen molar-refractivity contribution in [2.75, 3.05) is 13.6 Å². The highest BCUT2D eigenvalue weighted by atomic mass is 15.0. The molecule has 1 aliphatic rings. The number of nitrogens with two attached hydrogens (primary N) is 1. The van der Waals surface area contributed by atoms with Crippen molar-refractivity contribution in [1.82, 2.24) is 5.32 Å². The summed E-state index contributed by atoms with van der Waals surface area (Å²) >= 11 is 0. The first kappa shape index (κ1) is 10.0. The summed E-state index contributed by atoms with van der Waals surface area (Å²) < 4.78 is 0. The largest absolute Gasteiger partial charge is 0.329 e. The zero-order valence-corrected chi connectivity index (χ0v) is 8.40. The van der Waals surface area contributed by atoms with Crippen molar-refractivity contribution in [3.63, 3.8) is 0 Å². The molecule has 0 aromatic heterocycles. The van der Waals surface area contributed by atoms with Crippen molar-refractivity contribution >= 4 is 0 Å². The van der Waals surface area contributed by atoms with Gasteiger partial charge in [0.25, 0.3) is 0 Å². The first-order valence-corrected chi connectivity index (χ1v) is 5.15. The highest BCUT2D eigenvalue weighted by molar-refractivity contribution is 4.92. The van der Waals surface area contributed by atoms with Crippen LogP contribution in [0.5, 0.6) is 0 Å². The lowest BCUT2D eigenvalue weighted by atomic mass is 9.76. The summed E-state index contributed by atoms with van der Waals surface area (Å²) in [6, 6.07) is 0. The fraction of sp³-hybridized carbons (Fsp3) is 1.00. The zero-order valence-electron chi connectivity index (χ0n) is 8.40. The van der Waals surface area contributed by atoms with E-state index in [1.54, 1.807) is 0 Å². The molecule has 1 rings (SSSR count). The molecule has 3 N–H and O–H groups in total. The predicted octanol–water partition coefficient (Wildman–Crippen LogP) is 1.50. The Morgan fingerprint density at radius 2 is 2.00 bits per heavy atom. The highest BCUT2D eigenvalue weighted by Crippen LogP contribution is 2.32. The number of hydrogen-bond donors (Lipinski definition) is 2. The maximum Gasteiger partial charge on any atom is 0.0301 e. The van der Waals surface area contributed by atoms with Crippen molar-refractivity contribution in [3.8, 4) is 0 Å². The van der Waals surface area contributed by atoms with Gasteiger partial charge in [-0.15, -0.1) is 0 Å². The normalized spacial score (nSPS) is 36.8. The molecule has 0 aromatic carbocycles. The van der Waals surface area contributed by atoms with Gasteiger partial charge in [0.2, 0.25) is 0 Å². The molecule has 1 aliphatic carbocycles. The molecule has 0 amide bonds. The van der Waals surface area contributed by atoms with Crippen LogP contribution in [0, 0.1) is 5.92 Å². The molecule has 0 saturated heterocycles. The first-order chi connectivity index (χ1) is 5.76. The summed E-state index contributed by atoms with van der Waals surface area (Å²) in [5.41, 5.74) is 6.04. The van der Waals surface area contributed by atoms with E-state index in [0.29, 0.717) is 0 Å². The average molecular weight is 170 g/mol. The number of hydrogen-bond acceptors (Lipinski definition) is 2. The molecule has 0 bridgehead atoms. The molecule has 1 fully saturated rings. The molecule has 12 heavy (non-hydrogen) atoms. The minimum Gasteiger partial charge on any atom is -0.329 e. The fourth-order valence-electron chi connectivity index (χ4n) is 2.19. The van der Waals surface area contributed by atoms with Crippen LogP contribution in [0.4, 0.5) is 0 Å². The average Bonchev–Trinajstić information content (AvgIpc) is 2.18. The molecule has 72 valence electrons. The minimum atomic E-state index is 0.270. The summed E-state index contributed by atoms with van der Waals surface area (Å²) in [5, 5.41) is 3.39. The molecule has 1 saturated carbocycles. The van der Waals surface area contributed by atoms with Gasteiger partial charge in [0.05, 0.1) is 0 Å². The Balaban J connectivity index is 2.42. The maximum atomic E-state index is 5.77. The molecule has 2 heteroatoms. The van der Waals surface area contributed by atoms with E-state index in [2.05, 4.69) is 12.2 Å². The van der Waals surface area contributed by atoms with E-state index in [9.17, 15) is 0 Å². The van der Waals surface area contributed by atoms with Crippen molar-refractivity contribution in [3.05, 3.63) is 0 Å². The van der Waals surface area contributed by atoms with E-state index in [0.717, 1.165) is 12.5 Å². The lowest BCUT2D eigenvalue weighted by molar-refractivity contribution is 0.202. The van der Waals surface area contributed by atoms with Crippen molar-refractivity contribution < 1.29 is 0 Å². The van der Waals surface area contributed by atoms with E-state index in [1.165, 1.54) is 32.1 Å². The molecular formula is C10H22N2. The van der Waals surface area contributed by atoms with Gasteiger partial charge in [0.15, 0.2) is 0 Å². The third kappa shape index (κ3) is 1.99. The zero-order chi connectivity index (χ0) is 9.03. The summed E-state index contributed by atoms with van der Waals surface area (Å²) in [5.74, 6) is 0.957. The van der Waals surface area contributed by atoms with Gasteiger partial charge in [-0.2, -0.15) is 0 Å². The molecule has 0 heterocycles. The van der Waals surface area contributed by atoms with Crippen molar-refractivity contribution in [2.45, 2.75) is 44.6 Å². The number of nitrogens with one attached hydrogen (secondary N) is 1. The van der Waals surface area contributed by atoms with E-state index in [1.807, 2.05) is 7.05 Å². The van der Waals surface area contributed by atoms with Crippen LogP contribution in [0.2, 0.25) is 0 Å². The topological polar surface area (TPSA) is 38.0 Å². The lowest BCUT2D eigenvalue weighted by Gasteiger charge is -2.39. The minimum absolute atomic E-state index is 0.270. The standard InChI is InChI=1S/C10H22N2/c1-3-9-4-6-10(8-11,12-2)7-5-9/h9,12H,3-8,11H2,1-2H3. The summed E-state index contributed by atoms with van der Waals surface area (Å²) in [4.78, 5) is 0. The lowest BCUT2D eigenvalue weighted by Crippen LogP contribution is -2.51. The fourth-order valence-corrected chi connectivity index (χ4v) is 2.19. The highest BCUT2D eigenvalue weighted by Gasteiger charge is 2.31. The van der Waals surface area contributed by atoms with Gasteiger partial charge >= 0.3 is 0 Å². The monoisotopic (exact) mass is 170 g/mol. The SMILES string of the molecule is CCC1CCC(CN)(NC)CC1. The third-order valence-electron chi connectivity index (χ3n) is 3.56. The molecule has 0 unspecified atom stereocenters. The molecule has 0 aromatic rings. The Morgan fingerprint density at radius 3 is 2.33 bits per heavy atom. The summed E-state index contributed by atoms with van der Waals surface area (Å²) in [6.45, 7) is 3.08. The second-order valence-electron chi connectivity index (χ2n) is 4.09. The van der Waals surface area contributed by atoms with Crippen molar-refractivity contribution in [1.29, 1.82) is 0 Å². The summed E-state index contributed by atoms with van der Waals surface area (Å²) in [6.07, 6.45) is 6.57. The molecule has 0 aliphatic heterocycles. The molecule has 0 spiro atoms. The van der Waals surface area contributed by atoms with E-state index in [4.69, 9.17) is 5.73 Å². The predicted molar refractivity (Wildman–Crippen MR) is 53.1 cm³/mol. The van der Waals surface area contributed by atoms with Crippen LogP contribution in [0.25, 0.3) is 0 Å². The van der Waals surface area contributed by atoms with Crippen LogP contribution in [-0.2, 0) is 0 Å². The maximum absolute atomic E-state index is 5.77. The van der Waals surface area contributed by atoms with Crippen LogP contribution in [0.1, 0.15) is 39.0 Å². The second kappa shape index (κ2) is 4.24. The molecule has 2 nitrogen and oxygen atoms in total. The Bertz CT molecular complexity index is 120. The van der Waals surface area contributed by atoms with Crippen LogP contribution >= 0.6 is 0 Å². The van der Waals surface area contributed by atoms with E-state index >= 15 is 0 Å². The number of likely N-dealkylation sites (N-methyl/N-ethyl adjacent to an activating group) is 1. The molecule has 0 radical (unpaired) electrons. The van der Waals surface area contributed by atoms with E-state index < -0.39 is 0 Å². The van der Waals surface area contributed by atoms with Crippen LogP contribution in [0.3, 0.4) is 0 Å². The molecule has 0 atom stereocenters. The smallest absolute Gasteiger partial charge is 0.0301 e. The number of rotatable bonds is 3. The summed E-state index contributed by atoms with van der Waals surface area (Å²) in [7, 11) is 2.04. The van der Waals surface area contributed by atoms with Gasteiger partial charge in [-0.05, 0) is 38.6 Å². The van der Waals surface area contributed by atoms with Gasteiger partial charge in [0.1, 0.15) is 0 Å². The van der Waals surface area contributed by atoms with Crippen LogP contribution in [-0.4, -0.2) is 19.1 Å². The quantitative estimate of drug-likeness (QED) is 0.673. The van der Waals surface area contributed by atoms with Gasteiger partial charge < -0.3 is 11.1 Å². The third-order valence-corrected chi connectivity index (χ3v) is 3.56. The van der Waals surface area contributed by atoms with Crippen LogP contribution in [0.15, 0.2) is 0 Å². The Labute approximate surface area is 75.9 Å². The molecular weight excluding hydrogens is 148 g/mol. The second-order valence-corrected chi connectivity index (χ2v) is 4.09. The Morgan fingerprint density at radius 1 is 1.42 bits per heavy atom. The van der Waals surface area contributed by atoms with Gasteiger partial charge in [-0.1, -0.05) is 13.3 Å².